The fraction of sp³-hybridized carbons (Fsp3) is 0.500. The molecule has 8 heteroatoms. The largest absolute Gasteiger partial charge is 0.440 e. The first-order valence-corrected chi connectivity index (χ1v) is 6.84. The Morgan fingerprint density at radius 3 is 2.83 bits per heavy atom. The summed E-state index contributed by atoms with van der Waals surface area (Å²) in [5.74, 6) is -0.0346. The third-order valence-electron chi connectivity index (χ3n) is 2.37. The molecule has 1 aliphatic rings. The molecule has 1 N–H and O–H groups in total. The highest BCUT2D eigenvalue weighted by atomic mass is 32.2. The molecule has 1 atom stereocenters. The van der Waals surface area contributed by atoms with Crippen LogP contribution in [-0.4, -0.2) is 47.2 Å². The number of sulfonamides is 1. The Morgan fingerprint density at radius 2 is 2.22 bits per heavy atom. The van der Waals surface area contributed by atoms with Crippen molar-refractivity contribution >= 4 is 16.3 Å². The molecule has 0 saturated carbocycles. The number of carbonyl (C=O) groups excluding carboxylic acids is 1. The zero-order valence-electron chi connectivity index (χ0n) is 9.50. The zero-order chi connectivity index (χ0) is 13.0. The highest BCUT2D eigenvalue weighted by Crippen LogP contribution is 2.12. The number of ether oxygens (including phenoxy) is 2. The van der Waals surface area contributed by atoms with E-state index in [0.717, 1.165) is 0 Å². The van der Waals surface area contributed by atoms with Gasteiger partial charge in [-0.3, -0.25) is 4.79 Å². The summed E-state index contributed by atoms with van der Waals surface area (Å²) in [7, 11) is -3.76. The Morgan fingerprint density at radius 1 is 1.39 bits per heavy atom. The highest BCUT2D eigenvalue weighted by Gasteiger charge is 2.22. The molecule has 1 aliphatic heterocycles. The minimum absolute atomic E-state index is 0.0346. The molecule has 1 fully saturated rings. The fourth-order valence-electron chi connectivity index (χ4n) is 1.47. The van der Waals surface area contributed by atoms with Crippen molar-refractivity contribution in [1.29, 1.82) is 0 Å². The summed E-state index contributed by atoms with van der Waals surface area (Å²) < 4.78 is 41.2. The summed E-state index contributed by atoms with van der Waals surface area (Å²) in [4.78, 5) is 10.4. The van der Waals surface area contributed by atoms with Crippen molar-refractivity contribution in [2.75, 3.05) is 26.4 Å². The van der Waals surface area contributed by atoms with Crippen LogP contribution in [0.15, 0.2) is 21.6 Å². The first-order valence-electron chi connectivity index (χ1n) is 5.36. The molecule has 2 rings (SSSR count). The fourth-order valence-corrected chi connectivity index (χ4v) is 2.47. The van der Waals surface area contributed by atoms with Crippen LogP contribution in [0.5, 0.6) is 0 Å². The van der Waals surface area contributed by atoms with Gasteiger partial charge >= 0.3 is 0 Å². The van der Waals surface area contributed by atoms with Crippen LogP contribution in [0.3, 0.4) is 0 Å². The third kappa shape index (κ3) is 3.16. The topological polar surface area (TPSA) is 94.8 Å². The van der Waals surface area contributed by atoms with Crippen molar-refractivity contribution in [3.63, 3.8) is 0 Å². The molecule has 2 heterocycles. The Hall–Kier alpha value is -1.22. The average Bonchev–Trinajstić information content (AvgIpc) is 2.87. The van der Waals surface area contributed by atoms with E-state index in [4.69, 9.17) is 13.9 Å². The summed E-state index contributed by atoms with van der Waals surface area (Å²) in [6.45, 7) is 1.41. The van der Waals surface area contributed by atoms with Gasteiger partial charge in [-0.25, -0.2) is 13.1 Å². The lowest BCUT2D eigenvalue weighted by Gasteiger charge is -2.22. The second-order valence-electron chi connectivity index (χ2n) is 3.69. The molecule has 7 nitrogen and oxygen atoms in total. The zero-order valence-corrected chi connectivity index (χ0v) is 10.3. The second kappa shape index (κ2) is 5.61. The van der Waals surface area contributed by atoms with Crippen molar-refractivity contribution in [3.05, 3.63) is 17.9 Å². The van der Waals surface area contributed by atoms with E-state index in [2.05, 4.69) is 4.72 Å². The predicted molar refractivity (Wildman–Crippen MR) is 59.8 cm³/mol. The van der Waals surface area contributed by atoms with E-state index in [0.29, 0.717) is 26.1 Å². The molecule has 100 valence electrons. The van der Waals surface area contributed by atoms with Gasteiger partial charge in [-0.15, -0.1) is 0 Å². The molecule has 0 radical (unpaired) electrons. The lowest BCUT2D eigenvalue weighted by molar-refractivity contribution is -0.0847. The Balaban J connectivity index is 1.96. The van der Waals surface area contributed by atoms with Crippen LogP contribution in [0.25, 0.3) is 0 Å². The summed E-state index contributed by atoms with van der Waals surface area (Å²) >= 11 is 0. The van der Waals surface area contributed by atoms with Crippen molar-refractivity contribution in [2.24, 2.45) is 0 Å². The van der Waals surface area contributed by atoms with Gasteiger partial charge in [0.15, 0.2) is 12.0 Å². The van der Waals surface area contributed by atoms with E-state index >= 15 is 0 Å². The van der Waals surface area contributed by atoms with Crippen LogP contribution >= 0.6 is 0 Å². The van der Waals surface area contributed by atoms with E-state index in [-0.39, 0.29) is 23.5 Å². The lowest BCUT2D eigenvalue weighted by atomic mass is 10.3. The van der Waals surface area contributed by atoms with E-state index in [1.807, 2.05) is 0 Å². The van der Waals surface area contributed by atoms with Crippen molar-refractivity contribution < 1.29 is 27.1 Å². The standard InChI is InChI=1S/C10H13NO6S/c12-6-8-1-2-10(17-8)18(13,14)11-5-9-7-15-3-4-16-9/h1-2,6,9,11H,3-5,7H2. The first-order chi connectivity index (χ1) is 8.62. The van der Waals surface area contributed by atoms with Crippen LogP contribution in [0.2, 0.25) is 0 Å². The Bertz CT molecular complexity index is 502. The van der Waals surface area contributed by atoms with Crippen molar-refractivity contribution in [2.45, 2.75) is 11.2 Å². The van der Waals surface area contributed by atoms with E-state index in [1.165, 1.54) is 12.1 Å². The van der Waals surface area contributed by atoms with Gasteiger partial charge in [-0.1, -0.05) is 0 Å². The van der Waals surface area contributed by atoms with Crippen LogP contribution in [0.4, 0.5) is 0 Å². The Kier molecular flexibility index (Phi) is 4.12. The number of furan rings is 1. The average molecular weight is 275 g/mol. The lowest BCUT2D eigenvalue weighted by Crippen LogP contribution is -2.39. The summed E-state index contributed by atoms with van der Waals surface area (Å²) in [5, 5.41) is -0.290. The number of hydrogen-bond donors (Lipinski definition) is 1. The molecule has 0 spiro atoms. The first kappa shape index (κ1) is 13.2. The maximum atomic E-state index is 11.8. The highest BCUT2D eigenvalue weighted by molar-refractivity contribution is 7.89. The molecule has 0 bridgehead atoms. The van der Waals surface area contributed by atoms with Gasteiger partial charge in [0, 0.05) is 6.54 Å². The van der Waals surface area contributed by atoms with E-state index in [9.17, 15) is 13.2 Å². The monoisotopic (exact) mass is 275 g/mol. The van der Waals surface area contributed by atoms with Crippen LogP contribution in [0.1, 0.15) is 10.6 Å². The number of rotatable bonds is 5. The molecule has 1 aromatic heterocycles. The number of aldehydes is 1. The van der Waals surface area contributed by atoms with E-state index < -0.39 is 10.0 Å². The summed E-state index contributed by atoms with van der Waals surface area (Å²) in [6, 6.07) is 2.52. The maximum absolute atomic E-state index is 11.8. The van der Waals surface area contributed by atoms with E-state index in [1.54, 1.807) is 0 Å². The third-order valence-corrected chi connectivity index (χ3v) is 3.66. The molecule has 18 heavy (non-hydrogen) atoms. The number of hydrogen-bond acceptors (Lipinski definition) is 6. The van der Waals surface area contributed by atoms with Gasteiger partial charge in [0.2, 0.25) is 5.09 Å². The molecular formula is C10H13NO6S. The quantitative estimate of drug-likeness (QED) is 0.747. The van der Waals surface area contributed by atoms with Gasteiger partial charge < -0.3 is 13.9 Å². The second-order valence-corrected chi connectivity index (χ2v) is 5.39. The Labute approximate surface area is 104 Å². The van der Waals surface area contributed by atoms with Gasteiger partial charge in [-0.05, 0) is 12.1 Å². The number of carbonyl (C=O) groups is 1. The maximum Gasteiger partial charge on any atom is 0.274 e. The molecule has 1 aromatic rings. The molecule has 1 saturated heterocycles. The van der Waals surface area contributed by atoms with Crippen molar-refractivity contribution in [3.8, 4) is 0 Å². The van der Waals surface area contributed by atoms with Crippen LogP contribution < -0.4 is 4.72 Å². The van der Waals surface area contributed by atoms with Gasteiger partial charge in [-0.2, -0.15) is 0 Å². The van der Waals surface area contributed by atoms with Crippen LogP contribution in [0, 0.1) is 0 Å². The van der Waals surface area contributed by atoms with Crippen LogP contribution in [-0.2, 0) is 19.5 Å². The molecule has 0 aliphatic carbocycles. The normalized spacial score (nSPS) is 20.8. The van der Waals surface area contributed by atoms with Gasteiger partial charge in [0.1, 0.15) is 0 Å². The summed E-state index contributed by atoms with van der Waals surface area (Å²) in [5.41, 5.74) is 0. The smallest absolute Gasteiger partial charge is 0.274 e. The SMILES string of the molecule is O=Cc1ccc(S(=O)(=O)NCC2COCCO2)o1. The van der Waals surface area contributed by atoms with Gasteiger partial charge in [0.05, 0.1) is 25.9 Å². The minimum Gasteiger partial charge on any atom is -0.440 e. The van der Waals surface area contributed by atoms with Crippen molar-refractivity contribution in [1.82, 2.24) is 4.72 Å². The number of nitrogens with one attached hydrogen (secondary N) is 1. The molecule has 0 aromatic carbocycles. The predicted octanol–water partition coefficient (Wildman–Crippen LogP) is -0.214. The summed E-state index contributed by atoms with van der Waals surface area (Å²) in [6.07, 6.45) is 0.130. The molecule has 1 unspecified atom stereocenters. The van der Waals surface area contributed by atoms with Gasteiger partial charge in [0.25, 0.3) is 10.0 Å². The molecule has 0 amide bonds. The molecular weight excluding hydrogens is 262 g/mol. The minimum atomic E-state index is -3.76.